The Bertz CT molecular complexity index is 483. The van der Waals surface area contributed by atoms with Crippen LogP contribution in [0.5, 0.6) is 5.75 Å². The molecule has 2 rings (SSSR count). The van der Waals surface area contributed by atoms with E-state index in [4.69, 9.17) is 16.3 Å². The monoisotopic (exact) mass is 361 g/mol. The third-order valence-corrected chi connectivity index (χ3v) is 4.12. The van der Waals surface area contributed by atoms with Gasteiger partial charge < -0.3 is 15.2 Å². The number of hydrogen-bond donors (Lipinski definition) is 2. The number of carbonyl (C=O) groups is 1. The van der Waals surface area contributed by atoms with Crippen LogP contribution in [0.15, 0.2) is 22.7 Å². The van der Waals surface area contributed by atoms with E-state index >= 15 is 0 Å². The second-order valence-electron chi connectivity index (χ2n) is 4.89. The Labute approximate surface area is 131 Å². The minimum atomic E-state index is -0.455. The summed E-state index contributed by atoms with van der Waals surface area (Å²) < 4.78 is 6.24. The summed E-state index contributed by atoms with van der Waals surface area (Å²) in [5.41, 5.74) is 0. The predicted molar refractivity (Wildman–Crippen MR) is 81.1 cm³/mol. The van der Waals surface area contributed by atoms with Gasteiger partial charge in [-0.25, -0.2) is 0 Å². The van der Waals surface area contributed by atoms with E-state index < -0.39 is 6.10 Å². The van der Waals surface area contributed by atoms with Crippen molar-refractivity contribution in [2.45, 2.75) is 37.8 Å². The second kappa shape index (κ2) is 7.29. The van der Waals surface area contributed by atoms with Crippen LogP contribution in [0.3, 0.4) is 0 Å². The molecular formula is C14H17BrClNO3. The molecule has 0 aromatic heterocycles. The van der Waals surface area contributed by atoms with Crippen LogP contribution in [0.2, 0.25) is 5.02 Å². The molecule has 1 fully saturated rings. The van der Waals surface area contributed by atoms with E-state index in [-0.39, 0.29) is 18.6 Å². The molecule has 0 spiro atoms. The van der Waals surface area contributed by atoms with Crippen LogP contribution in [0.25, 0.3) is 0 Å². The number of aliphatic hydroxyl groups excluding tert-OH is 1. The highest BCUT2D eigenvalue weighted by Gasteiger charge is 2.24. The highest BCUT2D eigenvalue weighted by atomic mass is 79.9. The lowest BCUT2D eigenvalue weighted by atomic mass is 9.92. The van der Waals surface area contributed by atoms with Gasteiger partial charge in [0.2, 0.25) is 0 Å². The molecule has 20 heavy (non-hydrogen) atoms. The minimum absolute atomic E-state index is 0.107. The van der Waals surface area contributed by atoms with Crippen molar-refractivity contribution in [1.29, 1.82) is 0 Å². The number of nitrogens with one attached hydrogen (secondary N) is 1. The standard InChI is InChI=1S/C14H17BrClNO3/c15-9-5-6-13(10(16)7-9)20-8-14(19)17-11-3-1-2-4-12(11)18/h5-7,11-12,18H,1-4,8H2,(H,17,19). The quantitative estimate of drug-likeness (QED) is 0.866. The number of hydrogen-bond acceptors (Lipinski definition) is 3. The Kier molecular flexibility index (Phi) is 5.69. The lowest BCUT2D eigenvalue weighted by Crippen LogP contribution is -2.46. The lowest BCUT2D eigenvalue weighted by Gasteiger charge is -2.28. The predicted octanol–water partition coefficient (Wildman–Crippen LogP) is 2.90. The first-order chi connectivity index (χ1) is 9.56. The molecule has 1 aromatic rings. The van der Waals surface area contributed by atoms with E-state index in [1.54, 1.807) is 18.2 Å². The third-order valence-electron chi connectivity index (χ3n) is 3.33. The van der Waals surface area contributed by atoms with Crippen molar-refractivity contribution < 1.29 is 14.6 Å². The Morgan fingerprint density at radius 1 is 1.45 bits per heavy atom. The average molecular weight is 363 g/mol. The Morgan fingerprint density at radius 2 is 2.20 bits per heavy atom. The average Bonchev–Trinajstić information content (AvgIpc) is 2.40. The van der Waals surface area contributed by atoms with Gasteiger partial charge in [0.05, 0.1) is 17.2 Å². The summed E-state index contributed by atoms with van der Waals surface area (Å²) in [7, 11) is 0. The lowest BCUT2D eigenvalue weighted by molar-refractivity contribution is -0.125. The Balaban J connectivity index is 1.82. The molecule has 2 unspecified atom stereocenters. The number of carbonyl (C=O) groups excluding carboxylic acids is 1. The maximum atomic E-state index is 11.8. The smallest absolute Gasteiger partial charge is 0.258 e. The van der Waals surface area contributed by atoms with Crippen molar-refractivity contribution in [1.82, 2.24) is 5.32 Å². The van der Waals surface area contributed by atoms with E-state index in [9.17, 15) is 9.90 Å². The van der Waals surface area contributed by atoms with Crippen molar-refractivity contribution >= 4 is 33.4 Å². The molecule has 1 amide bonds. The topological polar surface area (TPSA) is 58.6 Å². The Morgan fingerprint density at radius 3 is 2.90 bits per heavy atom. The van der Waals surface area contributed by atoms with E-state index in [1.807, 2.05) is 0 Å². The molecule has 1 aliphatic rings. The molecule has 2 N–H and O–H groups in total. The molecule has 0 radical (unpaired) electrons. The number of halogens is 2. The number of aliphatic hydroxyl groups is 1. The molecule has 1 saturated carbocycles. The zero-order valence-electron chi connectivity index (χ0n) is 10.9. The number of benzene rings is 1. The highest BCUT2D eigenvalue weighted by Crippen LogP contribution is 2.27. The molecule has 2 atom stereocenters. The fraction of sp³-hybridized carbons (Fsp3) is 0.500. The van der Waals surface area contributed by atoms with Crippen LogP contribution >= 0.6 is 27.5 Å². The van der Waals surface area contributed by atoms with E-state index in [0.29, 0.717) is 10.8 Å². The summed E-state index contributed by atoms with van der Waals surface area (Å²) in [5.74, 6) is 0.226. The van der Waals surface area contributed by atoms with Gasteiger partial charge in [-0.15, -0.1) is 0 Å². The molecule has 110 valence electrons. The summed E-state index contributed by atoms with van der Waals surface area (Å²) >= 11 is 9.30. The minimum Gasteiger partial charge on any atom is -0.482 e. The van der Waals surface area contributed by atoms with Crippen molar-refractivity contribution in [3.05, 3.63) is 27.7 Å². The summed E-state index contributed by atoms with van der Waals surface area (Å²) in [6.07, 6.45) is 3.14. The molecule has 1 aliphatic carbocycles. The highest BCUT2D eigenvalue weighted by molar-refractivity contribution is 9.10. The van der Waals surface area contributed by atoms with Gasteiger partial charge in [-0.3, -0.25) is 4.79 Å². The fourth-order valence-electron chi connectivity index (χ4n) is 2.26. The largest absolute Gasteiger partial charge is 0.482 e. The van der Waals surface area contributed by atoms with Crippen LogP contribution in [0, 0.1) is 0 Å². The van der Waals surface area contributed by atoms with Gasteiger partial charge in [-0.05, 0) is 31.0 Å². The van der Waals surface area contributed by atoms with Gasteiger partial charge >= 0.3 is 0 Å². The maximum Gasteiger partial charge on any atom is 0.258 e. The van der Waals surface area contributed by atoms with Gasteiger partial charge in [0.25, 0.3) is 5.91 Å². The van der Waals surface area contributed by atoms with Crippen molar-refractivity contribution in [3.63, 3.8) is 0 Å². The molecule has 0 bridgehead atoms. The molecule has 4 nitrogen and oxygen atoms in total. The Hall–Kier alpha value is -0.780. The van der Waals surface area contributed by atoms with E-state index in [1.165, 1.54) is 0 Å². The van der Waals surface area contributed by atoms with Gasteiger partial charge in [-0.2, -0.15) is 0 Å². The summed E-state index contributed by atoms with van der Waals surface area (Å²) in [4.78, 5) is 11.8. The third kappa shape index (κ3) is 4.36. The number of ether oxygens (including phenoxy) is 1. The molecule has 1 aromatic carbocycles. The van der Waals surface area contributed by atoms with Crippen LogP contribution in [0.4, 0.5) is 0 Å². The molecule has 6 heteroatoms. The molecule has 0 aliphatic heterocycles. The zero-order valence-corrected chi connectivity index (χ0v) is 13.3. The summed E-state index contributed by atoms with van der Waals surface area (Å²) in [5, 5.41) is 13.0. The first-order valence-corrected chi connectivity index (χ1v) is 7.78. The molecule has 0 heterocycles. The summed E-state index contributed by atoms with van der Waals surface area (Å²) in [6.45, 7) is -0.107. The van der Waals surface area contributed by atoms with Crippen molar-refractivity contribution in [3.8, 4) is 5.75 Å². The van der Waals surface area contributed by atoms with E-state index in [2.05, 4.69) is 21.2 Å². The summed E-state index contributed by atoms with van der Waals surface area (Å²) in [6, 6.07) is 5.04. The van der Waals surface area contributed by atoms with Gasteiger partial charge in [0.15, 0.2) is 6.61 Å². The normalized spacial score (nSPS) is 22.4. The second-order valence-corrected chi connectivity index (χ2v) is 6.21. The van der Waals surface area contributed by atoms with Gasteiger partial charge in [-0.1, -0.05) is 40.4 Å². The molecular weight excluding hydrogens is 346 g/mol. The van der Waals surface area contributed by atoms with Crippen molar-refractivity contribution in [2.24, 2.45) is 0 Å². The van der Waals surface area contributed by atoms with Crippen LogP contribution in [-0.2, 0) is 4.79 Å². The molecule has 0 saturated heterocycles. The fourth-order valence-corrected chi connectivity index (χ4v) is 2.99. The van der Waals surface area contributed by atoms with Gasteiger partial charge in [0.1, 0.15) is 5.75 Å². The van der Waals surface area contributed by atoms with E-state index in [0.717, 1.165) is 30.2 Å². The first kappa shape index (κ1) is 15.6. The number of amides is 1. The first-order valence-electron chi connectivity index (χ1n) is 6.61. The van der Waals surface area contributed by atoms with Crippen molar-refractivity contribution in [2.75, 3.05) is 6.61 Å². The number of rotatable bonds is 4. The van der Waals surface area contributed by atoms with Crippen LogP contribution < -0.4 is 10.1 Å². The SMILES string of the molecule is O=C(COc1ccc(Br)cc1Cl)NC1CCCCC1O. The van der Waals surface area contributed by atoms with Crippen LogP contribution in [0.1, 0.15) is 25.7 Å². The zero-order chi connectivity index (χ0) is 14.5. The van der Waals surface area contributed by atoms with Crippen LogP contribution in [-0.4, -0.2) is 29.8 Å². The maximum absolute atomic E-state index is 11.8. The van der Waals surface area contributed by atoms with Gasteiger partial charge in [0, 0.05) is 4.47 Å².